The molecule has 0 aliphatic carbocycles. The summed E-state index contributed by atoms with van der Waals surface area (Å²) in [6, 6.07) is 10.1. The highest BCUT2D eigenvalue weighted by Crippen LogP contribution is 2.22. The van der Waals surface area contributed by atoms with Crippen LogP contribution in [-0.2, 0) is 6.61 Å². The first-order chi connectivity index (χ1) is 9.61. The SMILES string of the molecule is O=Cc1cccc(F)c1OCc1ccc(C(=O)O)cc1. The molecular formula is C15H11FO4. The number of carbonyl (C=O) groups is 2. The Morgan fingerprint density at radius 3 is 2.50 bits per heavy atom. The normalized spacial score (nSPS) is 10.1. The fourth-order valence-electron chi connectivity index (χ4n) is 1.67. The minimum atomic E-state index is -1.02. The molecule has 0 aliphatic heterocycles. The molecule has 0 amide bonds. The van der Waals surface area contributed by atoms with Crippen LogP contribution < -0.4 is 4.74 Å². The number of hydrogen-bond acceptors (Lipinski definition) is 3. The van der Waals surface area contributed by atoms with Gasteiger partial charge in [-0.2, -0.15) is 0 Å². The lowest BCUT2D eigenvalue weighted by Crippen LogP contribution is -2.02. The summed E-state index contributed by atoms with van der Waals surface area (Å²) in [4.78, 5) is 21.5. The zero-order chi connectivity index (χ0) is 14.5. The van der Waals surface area contributed by atoms with Crippen LogP contribution in [0.25, 0.3) is 0 Å². The van der Waals surface area contributed by atoms with E-state index in [4.69, 9.17) is 9.84 Å². The van der Waals surface area contributed by atoms with Gasteiger partial charge in [0.2, 0.25) is 0 Å². The Kier molecular flexibility index (Phi) is 4.10. The molecule has 5 heteroatoms. The van der Waals surface area contributed by atoms with E-state index in [1.165, 1.54) is 30.3 Å². The lowest BCUT2D eigenvalue weighted by molar-refractivity contribution is 0.0696. The predicted molar refractivity (Wildman–Crippen MR) is 69.5 cm³/mol. The minimum Gasteiger partial charge on any atom is -0.485 e. The molecule has 20 heavy (non-hydrogen) atoms. The largest absolute Gasteiger partial charge is 0.485 e. The summed E-state index contributed by atoms with van der Waals surface area (Å²) in [5.74, 6) is -1.74. The number of para-hydroxylation sites is 1. The summed E-state index contributed by atoms with van der Waals surface area (Å²) in [5, 5.41) is 8.77. The Bertz CT molecular complexity index is 635. The van der Waals surface area contributed by atoms with Gasteiger partial charge in [0.25, 0.3) is 0 Å². The van der Waals surface area contributed by atoms with Crippen LogP contribution in [0.15, 0.2) is 42.5 Å². The number of rotatable bonds is 5. The van der Waals surface area contributed by atoms with Crippen molar-refractivity contribution in [3.05, 3.63) is 65.0 Å². The number of hydrogen-bond donors (Lipinski definition) is 1. The number of carboxylic acids is 1. The van der Waals surface area contributed by atoms with Crippen molar-refractivity contribution in [1.82, 2.24) is 0 Å². The second-order valence-electron chi connectivity index (χ2n) is 4.07. The third-order valence-electron chi connectivity index (χ3n) is 2.71. The molecule has 2 aromatic carbocycles. The second-order valence-corrected chi connectivity index (χ2v) is 4.07. The summed E-state index contributed by atoms with van der Waals surface area (Å²) in [7, 11) is 0. The van der Waals surface area contributed by atoms with Gasteiger partial charge in [0.05, 0.1) is 11.1 Å². The quantitative estimate of drug-likeness (QED) is 0.851. The number of aromatic carboxylic acids is 1. The molecule has 2 aromatic rings. The maximum Gasteiger partial charge on any atom is 0.335 e. The molecule has 0 heterocycles. The van der Waals surface area contributed by atoms with E-state index in [0.29, 0.717) is 11.8 Å². The van der Waals surface area contributed by atoms with E-state index < -0.39 is 11.8 Å². The monoisotopic (exact) mass is 274 g/mol. The Labute approximate surface area is 114 Å². The Hall–Kier alpha value is -2.69. The summed E-state index contributed by atoms with van der Waals surface area (Å²) >= 11 is 0. The first kappa shape index (κ1) is 13.7. The highest BCUT2D eigenvalue weighted by molar-refractivity contribution is 5.87. The van der Waals surface area contributed by atoms with Crippen molar-refractivity contribution in [3.8, 4) is 5.75 Å². The molecule has 0 radical (unpaired) electrons. The Morgan fingerprint density at radius 1 is 1.20 bits per heavy atom. The Balaban J connectivity index is 2.13. The van der Waals surface area contributed by atoms with E-state index in [-0.39, 0.29) is 23.5 Å². The van der Waals surface area contributed by atoms with E-state index in [1.807, 2.05) is 0 Å². The molecule has 0 spiro atoms. The van der Waals surface area contributed by atoms with Crippen LogP contribution in [-0.4, -0.2) is 17.4 Å². The molecule has 0 saturated heterocycles. The number of carbonyl (C=O) groups excluding carboxylic acids is 1. The first-order valence-electron chi connectivity index (χ1n) is 5.80. The topological polar surface area (TPSA) is 63.6 Å². The molecule has 0 aromatic heterocycles. The minimum absolute atomic E-state index is 0.0433. The molecule has 0 atom stereocenters. The van der Waals surface area contributed by atoms with Gasteiger partial charge in [-0.25, -0.2) is 9.18 Å². The molecule has 2 rings (SSSR count). The fraction of sp³-hybridized carbons (Fsp3) is 0.0667. The van der Waals surface area contributed by atoms with E-state index >= 15 is 0 Å². The van der Waals surface area contributed by atoms with Crippen molar-refractivity contribution in [3.63, 3.8) is 0 Å². The number of ether oxygens (including phenoxy) is 1. The number of halogens is 1. The van der Waals surface area contributed by atoms with E-state index in [9.17, 15) is 14.0 Å². The number of carboxylic acid groups (broad SMARTS) is 1. The van der Waals surface area contributed by atoms with Crippen LogP contribution in [0, 0.1) is 5.82 Å². The van der Waals surface area contributed by atoms with E-state index in [0.717, 1.165) is 0 Å². The van der Waals surface area contributed by atoms with Crippen LogP contribution in [0.4, 0.5) is 4.39 Å². The van der Waals surface area contributed by atoms with E-state index in [2.05, 4.69) is 0 Å². The van der Waals surface area contributed by atoms with Crippen molar-refractivity contribution in [2.24, 2.45) is 0 Å². The van der Waals surface area contributed by atoms with Crippen molar-refractivity contribution in [1.29, 1.82) is 0 Å². The van der Waals surface area contributed by atoms with Crippen LogP contribution in [0.3, 0.4) is 0 Å². The summed E-state index contributed by atoms with van der Waals surface area (Å²) in [5.41, 5.74) is 0.968. The molecular weight excluding hydrogens is 263 g/mol. The van der Waals surface area contributed by atoms with Gasteiger partial charge in [0, 0.05) is 0 Å². The summed E-state index contributed by atoms with van der Waals surface area (Å²) in [6.07, 6.45) is 0.520. The van der Waals surface area contributed by atoms with Gasteiger partial charge in [-0.15, -0.1) is 0 Å². The Morgan fingerprint density at radius 2 is 1.90 bits per heavy atom. The molecule has 0 unspecified atom stereocenters. The first-order valence-corrected chi connectivity index (χ1v) is 5.80. The standard InChI is InChI=1S/C15H11FO4/c16-13-3-1-2-12(8-17)14(13)20-9-10-4-6-11(7-5-10)15(18)19/h1-8H,9H2,(H,18,19). The molecule has 4 nitrogen and oxygen atoms in total. The van der Waals surface area contributed by atoms with Crippen LogP contribution in [0.5, 0.6) is 5.75 Å². The van der Waals surface area contributed by atoms with Crippen LogP contribution in [0.2, 0.25) is 0 Å². The molecule has 0 saturated carbocycles. The number of aldehydes is 1. The van der Waals surface area contributed by atoms with E-state index in [1.54, 1.807) is 12.1 Å². The second kappa shape index (κ2) is 5.97. The fourth-order valence-corrected chi connectivity index (χ4v) is 1.67. The highest BCUT2D eigenvalue weighted by Gasteiger charge is 2.09. The third kappa shape index (κ3) is 3.00. The van der Waals surface area contributed by atoms with Gasteiger partial charge >= 0.3 is 5.97 Å². The smallest absolute Gasteiger partial charge is 0.335 e. The number of benzene rings is 2. The summed E-state index contributed by atoms with van der Waals surface area (Å²) in [6.45, 7) is 0.0433. The van der Waals surface area contributed by atoms with Gasteiger partial charge in [-0.05, 0) is 29.8 Å². The van der Waals surface area contributed by atoms with Crippen LogP contribution in [0.1, 0.15) is 26.3 Å². The zero-order valence-electron chi connectivity index (χ0n) is 10.4. The highest BCUT2D eigenvalue weighted by atomic mass is 19.1. The lowest BCUT2D eigenvalue weighted by Gasteiger charge is -2.09. The third-order valence-corrected chi connectivity index (χ3v) is 2.71. The molecule has 1 N–H and O–H groups in total. The maximum atomic E-state index is 13.5. The van der Waals surface area contributed by atoms with Gasteiger partial charge < -0.3 is 9.84 Å². The van der Waals surface area contributed by atoms with Gasteiger partial charge in [-0.3, -0.25) is 4.79 Å². The molecule has 0 bridgehead atoms. The average molecular weight is 274 g/mol. The van der Waals surface area contributed by atoms with Crippen molar-refractivity contribution < 1.29 is 23.8 Å². The molecule has 0 aliphatic rings. The molecule has 102 valence electrons. The van der Waals surface area contributed by atoms with Gasteiger partial charge in [-0.1, -0.05) is 18.2 Å². The van der Waals surface area contributed by atoms with Crippen LogP contribution >= 0.6 is 0 Å². The zero-order valence-corrected chi connectivity index (χ0v) is 10.4. The molecule has 0 fully saturated rings. The van der Waals surface area contributed by atoms with Crippen molar-refractivity contribution in [2.75, 3.05) is 0 Å². The maximum absolute atomic E-state index is 13.5. The van der Waals surface area contributed by atoms with Crippen molar-refractivity contribution in [2.45, 2.75) is 6.61 Å². The average Bonchev–Trinajstić information content (AvgIpc) is 2.46. The lowest BCUT2D eigenvalue weighted by atomic mass is 10.1. The van der Waals surface area contributed by atoms with Crippen molar-refractivity contribution >= 4 is 12.3 Å². The predicted octanol–water partition coefficient (Wildman–Crippen LogP) is 2.92. The summed E-state index contributed by atoms with van der Waals surface area (Å²) < 4.78 is 18.8. The van der Waals surface area contributed by atoms with Gasteiger partial charge in [0.1, 0.15) is 6.61 Å². The van der Waals surface area contributed by atoms with Gasteiger partial charge in [0.15, 0.2) is 17.9 Å².